The summed E-state index contributed by atoms with van der Waals surface area (Å²) in [6, 6.07) is 8.05. The van der Waals surface area contributed by atoms with Crippen LogP contribution in [0.4, 0.5) is 0 Å². The van der Waals surface area contributed by atoms with Gasteiger partial charge in [0.15, 0.2) is 0 Å². The van der Waals surface area contributed by atoms with Crippen LogP contribution in [0.15, 0.2) is 30.5 Å². The van der Waals surface area contributed by atoms with Crippen molar-refractivity contribution >= 4 is 21.9 Å². The number of para-hydroxylation sites is 1. The van der Waals surface area contributed by atoms with E-state index in [0.29, 0.717) is 19.8 Å². The van der Waals surface area contributed by atoms with Crippen LogP contribution < -0.4 is 0 Å². The van der Waals surface area contributed by atoms with Crippen molar-refractivity contribution in [1.82, 2.24) is 14.5 Å². The molecule has 3 rings (SSSR count). The second-order valence-corrected chi connectivity index (χ2v) is 5.27. The van der Waals surface area contributed by atoms with Crippen LogP contribution in [0.3, 0.4) is 0 Å². The molecule has 5 nitrogen and oxygen atoms in total. The Morgan fingerprint density at radius 1 is 1.30 bits per heavy atom. The Morgan fingerprint density at radius 3 is 2.91 bits per heavy atom. The van der Waals surface area contributed by atoms with Crippen LogP contribution in [0.25, 0.3) is 21.9 Å². The largest absolute Gasteiger partial charge is 0.374 e. The lowest BCUT2D eigenvalue weighted by Crippen LogP contribution is -2.12. The minimum absolute atomic E-state index is 0.117. The van der Waals surface area contributed by atoms with Crippen molar-refractivity contribution in [1.29, 1.82) is 0 Å². The van der Waals surface area contributed by atoms with E-state index < -0.39 is 0 Å². The zero-order valence-corrected chi connectivity index (χ0v) is 13.3. The van der Waals surface area contributed by atoms with Gasteiger partial charge in [0.25, 0.3) is 0 Å². The normalized spacial score (nSPS) is 12.6. The quantitative estimate of drug-likeness (QED) is 0.519. The molecule has 2 heterocycles. The summed E-state index contributed by atoms with van der Waals surface area (Å²) < 4.78 is 13.1. The molecule has 0 saturated carbocycles. The number of fused-ring (bicyclic) bond motifs is 3. The molecule has 0 bridgehead atoms. The second-order valence-electron chi connectivity index (χ2n) is 5.27. The smallest absolute Gasteiger partial charge is 0.139 e. The summed E-state index contributed by atoms with van der Waals surface area (Å²) in [6.45, 7) is 3.48. The van der Waals surface area contributed by atoms with Gasteiger partial charge < -0.3 is 14.0 Å². The number of rotatable bonds is 6. The van der Waals surface area contributed by atoms with Gasteiger partial charge in [0, 0.05) is 19.0 Å². The van der Waals surface area contributed by atoms with Gasteiger partial charge in [-0.1, -0.05) is 24.1 Å². The van der Waals surface area contributed by atoms with E-state index in [0.717, 1.165) is 27.8 Å². The second kappa shape index (κ2) is 6.78. The minimum Gasteiger partial charge on any atom is -0.374 e. The van der Waals surface area contributed by atoms with Crippen LogP contribution >= 0.6 is 0 Å². The van der Waals surface area contributed by atoms with E-state index >= 15 is 0 Å². The number of terminal acetylenes is 1. The number of pyridine rings is 1. The minimum atomic E-state index is -0.117. The van der Waals surface area contributed by atoms with Crippen LogP contribution in [0.5, 0.6) is 0 Å². The van der Waals surface area contributed by atoms with Crippen molar-refractivity contribution in [2.45, 2.75) is 19.6 Å². The highest BCUT2D eigenvalue weighted by molar-refractivity contribution is 6.02. The zero-order valence-electron chi connectivity index (χ0n) is 13.3. The molecule has 1 aromatic carbocycles. The summed E-state index contributed by atoms with van der Waals surface area (Å²) in [5, 5.41) is 1.07. The maximum absolute atomic E-state index is 5.47. The fraction of sp³-hybridized carbons (Fsp3) is 0.333. The number of nitrogens with zero attached hydrogens (tertiary/aromatic N) is 3. The molecule has 0 aliphatic heterocycles. The van der Waals surface area contributed by atoms with E-state index in [2.05, 4.69) is 21.5 Å². The van der Waals surface area contributed by atoms with E-state index in [1.807, 2.05) is 31.3 Å². The molecule has 23 heavy (non-hydrogen) atoms. The van der Waals surface area contributed by atoms with Crippen molar-refractivity contribution in [2.75, 3.05) is 20.3 Å². The van der Waals surface area contributed by atoms with Gasteiger partial charge in [0.2, 0.25) is 0 Å². The lowest BCUT2D eigenvalue weighted by molar-refractivity contribution is 0.105. The molecule has 0 radical (unpaired) electrons. The van der Waals surface area contributed by atoms with Gasteiger partial charge in [-0.25, -0.2) is 4.98 Å². The first-order valence-electron chi connectivity index (χ1n) is 7.54. The monoisotopic (exact) mass is 309 g/mol. The van der Waals surface area contributed by atoms with E-state index in [-0.39, 0.29) is 6.10 Å². The average Bonchev–Trinajstić information content (AvgIpc) is 2.97. The lowest BCUT2D eigenvalue weighted by atomic mass is 10.2. The van der Waals surface area contributed by atoms with Crippen molar-refractivity contribution in [3.63, 3.8) is 0 Å². The highest BCUT2D eigenvalue weighted by Gasteiger charge is 2.18. The van der Waals surface area contributed by atoms with Gasteiger partial charge in [0.1, 0.15) is 24.1 Å². The molecule has 0 fully saturated rings. The average molecular weight is 309 g/mol. The molecule has 0 aliphatic carbocycles. The maximum Gasteiger partial charge on any atom is 0.139 e. The van der Waals surface area contributed by atoms with Crippen molar-refractivity contribution < 1.29 is 9.47 Å². The van der Waals surface area contributed by atoms with Crippen molar-refractivity contribution in [3.05, 3.63) is 36.3 Å². The predicted octanol–water partition coefficient (Wildman–Crippen LogP) is 2.94. The Bertz CT molecular complexity index is 864. The van der Waals surface area contributed by atoms with Gasteiger partial charge in [-0.3, -0.25) is 4.98 Å². The van der Waals surface area contributed by atoms with Gasteiger partial charge >= 0.3 is 0 Å². The summed E-state index contributed by atoms with van der Waals surface area (Å²) in [7, 11) is 1.68. The summed E-state index contributed by atoms with van der Waals surface area (Å²) in [4.78, 5) is 9.20. The van der Waals surface area contributed by atoms with Crippen molar-refractivity contribution in [2.24, 2.45) is 0 Å². The van der Waals surface area contributed by atoms with Gasteiger partial charge in [0.05, 0.1) is 23.8 Å². The van der Waals surface area contributed by atoms with Crippen molar-refractivity contribution in [3.8, 4) is 12.3 Å². The summed E-state index contributed by atoms with van der Waals surface area (Å²) in [5.74, 6) is 3.35. The summed E-state index contributed by atoms with van der Waals surface area (Å²) in [6.07, 6.45) is 6.92. The van der Waals surface area contributed by atoms with Crippen LogP contribution in [0, 0.1) is 12.3 Å². The first-order chi connectivity index (χ1) is 11.3. The van der Waals surface area contributed by atoms with E-state index in [4.69, 9.17) is 20.9 Å². The summed E-state index contributed by atoms with van der Waals surface area (Å²) in [5.41, 5.74) is 2.86. The molecule has 1 unspecified atom stereocenters. The van der Waals surface area contributed by atoms with E-state index in [1.54, 1.807) is 7.11 Å². The predicted molar refractivity (Wildman–Crippen MR) is 90.1 cm³/mol. The third-order valence-corrected chi connectivity index (χ3v) is 3.87. The zero-order chi connectivity index (χ0) is 16.2. The first-order valence-corrected chi connectivity index (χ1v) is 7.54. The molecule has 2 aromatic heterocycles. The molecule has 0 amide bonds. The van der Waals surface area contributed by atoms with Gasteiger partial charge in [-0.15, -0.1) is 6.42 Å². The molecule has 1 atom stereocenters. The number of imidazole rings is 1. The Balaban J connectivity index is 2.14. The Morgan fingerprint density at radius 2 is 2.13 bits per heavy atom. The molecule has 0 spiro atoms. The van der Waals surface area contributed by atoms with Crippen LogP contribution in [0.2, 0.25) is 0 Å². The van der Waals surface area contributed by atoms with Crippen LogP contribution in [-0.4, -0.2) is 34.9 Å². The fourth-order valence-electron chi connectivity index (χ4n) is 2.71. The fourth-order valence-corrected chi connectivity index (χ4v) is 2.71. The Labute approximate surface area is 135 Å². The molecule has 5 heteroatoms. The number of benzene rings is 1. The highest BCUT2D eigenvalue weighted by Crippen LogP contribution is 2.27. The number of hydrogen-bond acceptors (Lipinski definition) is 4. The third kappa shape index (κ3) is 2.91. The molecule has 0 N–H and O–H groups in total. The van der Waals surface area contributed by atoms with E-state index in [1.165, 1.54) is 0 Å². The highest BCUT2D eigenvalue weighted by atomic mass is 16.5. The number of aromatic nitrogens is 3. The number of ether oxygens (including phenoxy) is 2. The van der Waals surface area contributed by atoms with Crippen LogP contribution in [-0.2, 0) is 16.0 Å². The van der Waals surface area contributed by atoms with Crippen LogP contribution in [0.1, 0.15) is 18.9 Å². The molecule has 118 valence electrons. The maximum atomic E-state index is 5.47. The molecule has 0 aliphatic rings. The topological polar surface area (TPSA) is 49.2 Å². The molecular formula is C18H19N3O2. The third-order valence-electron chi connectivity index (χ3n) is 3.87. The van der Waals surface area contributed by atoms with E-state index in [9.17, 15) is 0 Å². The number of hydrogen-bond donors (Lipinski definition) is 0. The Hall–Kier alpha value is -2.42. The first kappa shape index (κ1) is 15.5. The standard InChI is InChI=1S/C18H19N3O2/c1-4-10-23-11-9-21-17-14-7-5-6-8-15(14)19-12-16(17)20-18(21)13(2)22-3/h1,5-8,12-13H,9-11H2,2-3H3. The SMILES string of the molecule is C#CCOCCn1c(C(C)OC)nc2cnc3ccccc3c21. The number of methoxy groups -OCH3 is 1. The molecule has 3 aromatic rings. The Kier molecular flexibility index (Phi) is 4.56. The van der Waals surface area contributed by atoms with Gasteiger partial charge in [-0.2, -0.15) is 0 Å². The summed E-state index contributed by atoms with van der Waals surface area (Å²) >= 11 is 0. The molecule has 0 saturated heterocycles. The molecular weight excluding hydrogens is 290 g/mol. The van der Waals surface area contributed by atoms with Gasteiger partial charge in [-0.05, 0) is 13.0 Å². The lowest BCUT2D eigenvalue weighted by Gasteiger charge is -2.14.